The van der Waals surface area contributed by atoms with Gasteiger partial charge in [0, 0.05) is 11.6 Å². The summed E-state index contributed by atoms with van der Waals surface area (Å²) in [6.45, 7) is 0. The molecule has 3 aromatic rings. The standard InChI is InChI=1S/C20H16N2O2/c23-19(14-13-15-7-2-1-3-8-15)21-22-20(24)18-12-6-10-16-9-4-5-11-17(16)18/h1-14H,(H,21,23)(H,22,24)/b14-13+. The number of fused-ring (bicyclic) bond motifs is 1. The van der Waals surface area contributed by atoms with E-state index in [1.807, 2.05) is 66.7 Å². The van der Waals surface area contributed by atoms with Crippen LogP contribution in [0, 0.1) is 0 Å². The van der Waals surface area contributed by atoms with E-state index in [1.54, 1.807) is 12.1 Å². The van der Waals surface area contributed by atoms with Crippen LogP contribution in [-0.4, -0.2) is 11.8 Å². The summed E-state index contributed by atoms with van der Waals surface area (Å²) in [6.07, 6.45) is 3.05. The van der Waals surface area contributed by atoms with Crippen LogP contribution in [0.3, 0.4) is 0 Å². The van der Waals surface area contributed by atoms with Gasteiger partial charge in [0.2, 0.25) is 0 Å². The van der Waals surface area contributed by atoms with Crippen molar-refractivity contribution in [2.24, 2.45) is 0 Å². The molecule has 0 aliphatic heterocycles. The first-order valence-corrected chi connectivity index (χ1v) is 7.55. The van der Waals surface area contributed by atoms with Crippen molar-refractivity contribution in [1.29, 1.82) is 0 Å². The third-order valence-electron chi connectivity index (χ3n) is 3.56. The summed E-state index contributed by atoms with van der Waals surface area (Å²) in [5, 5.41) is 1.81. The van der Waals surface area contributed by atoms with Crippen molar-refractivity contribution in [1.82, 2.24) is 10.9 Å². The summed E-state index contributed by atoms with van der Waals surface area (Å²) >= 11 is 0. The lowest BCUT2D eigenvalue weighted by Crippen LogP contribution is -2.40. The molecule has 118 valence electrons. The highest BCUT2D eigenvalue weighted by Crippen LogP contribution is 2.18. The first-order chi connectivity index (χ1) is 11.7. The Morgan fingerprint density at radius 1 is 0.750 bits per heavy atom. The number of hydrogen-bond donors (Lipinski definition) is 2. The second kappa shape index (κ2) is 7.24. The van der Waals surface area contributed by atoms with Crippen LogP contribution in [0.25, 0.3) is 16.8 Å². The van der Waals surface area contributed by atoms with Gasteiger partial charge in [0.05, 0.1) is 0 Å². The lowest BCUT2D eigenvalue weighted by molar-refractivity contribution is -0.117. The fraction of sp³-hybridized carbons (Fsp3) is 0. The Bertz CT molecular complexity index is 896. The Morgan fingerprint density at radius 3 is 2.29 bits per heavy atom. The SMILES string of the molecule is O=C(/C=C/c1ccccc1)NNC(=O)c1cccc2ccccc12. The number of carbonyl (C=O) groups is 2. The third-order valence-corrected chi connectivity index (χ3v) is 3.56. The number of hydrogen-bond acceptors (Lipinski definition) is 2. The molecule has 4 heteroatoms. The van der Waals surface area contributed by atoms with Gasteiger partial charge in [-0.1, -0.05) is 66.7 Å². The van der Waals surface area contributed by atoms with Crippen molar-refractivity contribution in [3.05, 3.63) is 90.0 Å². The quantitative estimate of drug-likeness (QED) is 0.575. The number of amides is 2. The highest BCUT2D eigenvalue weighted by atomic mass is 16.2. The van der Waals surface area contributed by atoms with Gasteiger partial charge in [-0.15, -0.1) is 0 Å². The van der Waals surface area contributed by atoms with Crippen LogP contribution in [0.4, 0.5) is 0 Å². The molecule has 0 aromatic heterocycles. The van der Waals surface area contributed by atoms with Gasteiger partial charge in [0.25, 0.3) is 11.8 Å². The van der Waals surface area contributed by atoms with E-state index < -0.39 is 5.91 Å². The van der Waals surface area contributed by atoms with E-state index in [-0.39, 0.29) is 5.91 Å². The molecule has 2 N–H and O–H groups in total. The zero-order chi connectivity index (χ0) is 16.8. The molecular formula is C20H16N2O2. The van der Waals surface area contributed by atoms with Crippen molar-refractivity contribution in [2.75, 3.05) is 0 Å². The van der Waals surface area contributed by atoms with Crippen LogP contribution >= 0.6 is 0 Å². The van der Waals surface area contributed by atoms with Crippen molar-refractivity contribution >= 4 is 28.7 Å². The molecule has 0 saturated carbocycles. The Balaban J connectivity index is 1.65. The average molecular weight is 316 g/mol. The van der Waals surface area contributed by atoms with Gasteiger partial charge in [0.15, 0.2) is 0 Å². The lowest BCUT2D eigenvalue weighted by atomic mass is 10.0. The fourth-order valence-corrected chi connectivity index (χ4v) is 2.39. The van der Waals surface area contributed by atoms with Gasteiger partial charge in [-0.3, -0.25) is 20.4 Å². The summed E-state index contributed by atoms with van der Waals surface area (Å²) in [5.41, 5.74) is 6.25. The monoisotopic (exact) mass is 316 g/mol. The number of nitrogens with one attached hydrogen (secondary N) is 2. The Morgan fingerprint density at radius 2 is 1.46 bits per heavy atom. The second-order valence-corrected chi connectivity index (χ2v) is 5.21. The maximum atomic E-state index is 12.3. The van der Waals surface area contributed by atoms with Crippen molar-refractivity contribution in [3.63, 3.8) is 0 Å². The molecule has 3 aromatic carbocycles. The predicted octanol–water partition coefficient (Wildman–Crippen LogP) is 3.31. The molecule has 0 aliphatic carbocycles. The summed E-state index contributed by atoms with van der Waals surface area (Å²) in [4.78, 5) is 24.1. The zero-order valence-electron chi connectivity index (χ0n) is 12.9. The smallest absolute Gasteiger partial charge is 0.268 e. The highest BCUT2D eigenvalue weighted by Gasteiger charge is 2.09. The van der Waals surface area contributed by atoms with Crippen LogP contribution in [0.5, 0.6) is 0 Å². The van der Waals surface area contributed by atoms with E-state index in [1.165, 1.54) is 6.08 Å². The molecule has 3 rings (SSSR count). The number of rotatable bonds is 3. The van der Waals surface area contributed by atoms with E-state index in [9.17, 15) is 9.59 Å². The highest BCUT2D eigenvalue weighted by molar-refractivity contribution is 6.07. The van der Waals surface area contributed by atoms with Crippen LogP contribution in [0.1, 0.15) is 15.9 Å². The van der Waals surface area contributed by atoms with Crippen molar-refractivity contribution < 1.29 is 9.59 Å². The summed E-state index contributed by atoms with van der Waals surface area (Å²) in [5.74, 6) is -0.749. The third kappa shape index (κ3) is 3.67. The maximum absolute atomic E-state index is 12.3. The van der Waals surface area contributed by atoms with Gasteiger partial charge in [-0.05, 0) is 28.5 Å². The topological polar surface area (TPSA) is 58.2 Å². The van der Waals surface area contributed by atoms with Gasteiger partial charge >= 0.3 is 0 Å². The molecule has 2 amide bonds. The number of benzene rings is 3. The summed E-state index contributed by atoms with van der Waals surface area (Å²) in [7, 11) is 0. The normalized spacial score (nSPS) is 10.7. The fourth-order valence-electron chi connectivity index (χ4n) is 2.39. The van der Waals surface area contributed by atoms with E-state index in [2.05, 4.69) is 10.9 Å². The van der Waals surface area contributed by atoms with Gasteiger partial charge in [0.1, 0.15) is 0 Å². The molecular weight excluding hydrogens is 300 g/mol. The summed E-state index contributed by atoms with van der Waals surface area (Å²) < 4.78 is 0. The second-order valence-electron chi connectivity index (χ2n) is 5.21. The molecule has 0 unspecified atom stereocenters. The molecule has 0 spiro atoms. The Labute approximate surface area is 139 Å². The van der Waals surface area contributed by atoms with Crippen LogP contribution in [-0.2, 0) is 4.79 Å². The van der Waals surface area contributed by atoms with Gasteiger partial charge in [-0.2, -0.15) is 0 Å². The minimum absolute atomic E-state index is 0.353. The van der Waals surface area contributed by atoms with Gasteiger partial charge in [-0.25, -0.2) is 0 Å². The van der Waals surface area contributed by atoms with E-state index in [0.29, 0.717) is 5.56 Å². The molecule has 0 heterocycles. The van der Waals surface area contributed by atoms with Crippen molar-refractivity contribution in [3.8, 4) is 0 Å². The first-order valence-electron chi connectivity index (χ1n) is 7.55. The minimum Gasteiger partial charge on any atom is -0.268 e. The minimum atomic E-state index is -0.396. The Kier molecular flexibility index (Phi) is 4.68. The maximum Gasteiger partial charge on any atom is 0.270 e. The van der Waals surface area contributed by atoms with E-state index in [0.717, 1.165) is 16.3 Å². The largest absolute Gasteiger partial charge is 0.270 e. The molecule has 0 bridgehead atoms. The van der Waals surface area contributed by atoms with Crippen molar-refractivity contribution in [2.45, 2.75) is 0 Å². The predicted molar refractivity (Wildman–Crippen MR) is 95.0 cm³/mol. The van der Waals surface area contributed by atoms with E-state index >= 15 is 0 Å². The van der Waals surface area contributed by atoms with Gasteiger partial charge < -0.3 is 0 Å². The molecule has 0 atom stereocenters. The zero-order valence-corrected chi connectivity index (χ0v) is 12.9. The van der Waals surface area contributed by atoms with E-state index in [4.69, 9.17) is 0 Å². The number of hydrazine groups is 1. The van der Waals surface area contributed by atoms with Crippen LogP contribution < -0.4 is 10.9 Å². The average Bonchev–Trinajstić information content (AvgIpc) is 2.64. The first kappa shape index (κ1) is 15.5. The molecule has 24 heavy (non-hydrogen) atoms. The lowest BCUT2D eigenvalue weighted by Gasteiger charge is -2.08. The Hall–Kier alpha value is -3.40. The molecule has 4 nitrogen and oxygen atoms in total. The number of carbonyl (C=O) groups excluding carboxylic acids is 2. The van der Waals surface area contributed by atoms with Crippen LogP contribution in [0.15, 0.2) is 78.9 Å². The molecule has 0 fully saturated rings. The van der Waals surface area contributed by atoms with Crippen LogP contribution in [0.2, 0.25) is 0 Å². The molecule has 0 radical (unpaired) electrons. The molecule has 0 saturated heterocycles. The summed E-state index contributed by atoms with van der Waals surface area (Å²) in [6, 6.07) is 22.5. The molecule has 0 aliphatic rings.